The molecule has 0 unspecified atom stereocenters. The number of aryl methyl sites for hydroxylation is 1. The molecule has 126 valence electrons. The van der Waals surface area contributed by atoms with Crippen LogP contribution in [0.4, 0.5) is 15.9 Å². The molecule has 2 heterocycles. The van der Waals surface area contributed by atoms with Crippen molar-refractivity contribution in [2.24, 2.45) is 0 Å². The first-order valence-corrected chi connectivity index (χ1v) is 8.32. The molecule has 0 aliphatic heterocycles. The number of imidazole rings is 1. The van der Waals surface area contributed by atoms with Gasteiger partial charge in [-0.25, -0.2) is 9.37 Å². The first kappa shape index (κ1) is 17.2. The number of nitrogens with one attached hydrogen (secondary N) is 1. The Kier molecular flexibility index (Phi) is 5.07. The molecule has 6 nitrogen and oxygen atoms in total. The average Bonchev–Trinajstić information content (AvgIpc) is 2.94. The lowest BCUT2D eigenvalue weighted by molar-refractivity contribution is 0.415. The van der Waals surface area contributed by atoms with Gasteiger partial charge < -0.3 is 14.6 Å². The summed E-state index contributed by atoms with van der Waals surface area (Å²) in [6, 6.07) is 3.48. The highest BCUT2D eigenvalue weighted by Gasteiger charge is 2.14. The number of anilines is 2. The molecule has 2 aromatic heterocycles. The third-order valence-electron chi connectivity index (χ3n) is 3.24. The summed E-state index contributed by atoms with van der Waals surface area (Å²) in [6.45, 7) is -0.388. The lowest BCUT2D eigenvalue weighted by atomic mass is 10.3. The SMILES string of the molecule is COc1cc(Nc2nc(Cl)nc3c2ncn3CCF)cc(Br)c1Cl. The van der Waals surface area contributed by atoms with Crippen molar-refractivity contribution >= 4 is 61.8 Å². The van der Waals surface area contributed by atoms with Crippen molar-refractivity contribution in [1.82, 2.24) is 19.5 Å². The van der Waals surface area contributed by atoms with Crippen LogP contribution < -0.4 is 10.1 Å². The summed E-state index contributed by atoms with van der Waals surface area (Å²) in [5.41, 5.74) is 1.60. The number of hydrogen-bond acceptors (Lipinski definition) is 5. The van der Waals surface area contributed by atoms with E-state index in [1.54, 1.807) is 16.7 Å². The monoisotopic (exact) mass is 433 g/mol. The third kappa shape index (κ3) is 3.26. The molecule has 0 aliphatic carbocycles. The molecule has 0 bridgehead atoms. The summed E-state index contributed by atoms with van der Waals surface area (Å²) in [4.78, 5) is 12.5. The van der Waals surface area contributed by atoms with Gasteiger partial charge in [0.25, 0.3) is 0 Å². The highest BCUT2D eigenvalue weighted by atomic mass is 79.9. The summed E-state index contributed by atoms with van der Waals surface area (Å²) in [6.07, 6.45) is 1.50. The normalized spacial score (nSPS) is 11.0. The molecule has 0 aliphatic rings. The second kappa shape index (κ2) is 7.08. The molecule has 24 heavy (non-hydrogen) atoms. The molecule has 0 spiro atoms. The van der Waals surface area contributed by atoms with Gasteiger partial charge in [-0.2, -0.15) is 9.97 Å². The zero-order valence-electron chi connectivity index (χ0n) is 12.4. The Morgan fingerprint density at radius 1 is 1.33 bits per heavy atom. The second-order valence-corrected chi connectivity index (χ2v) is 6.31. The standard InChI is InChI=1S/C14H11BrCl2FN5O/c1-24-9-5-7(4-8(15)10(9)16)20-12-11-13(22-14(17)21-12)23(3-2-18)6-19-11/h4-6H,2-3H2,1H3,(H,20,21,22). The van der Waals surface area contributed by atoms with E-state index in [-0.39, 0.29) is 11.8 Å². The minimum atomic E-state index is -0.531. The van der Waals surface area contributed by atoms with Crippen LogP contribution in [-0.4, -0.2) is 33.3 Å². The molecule has 3 aromatic rings. The summed E-state index contributed by atoms with van der Waals surface area (Å²) < 4.78 is 20.1. The number of methoxy groups -OCH3 is 1. The Morgan fingerprint density at radius 2 is 2.12 bits per heavy atom. The summed E-state index contributed by atoms with van der Waals surface area (Å²) >= 11 is 15.5. The minimum Gasteiger partial charge on any atom is -0.495 e. The lowest BCUT2D eigenvalue weighted by Gasteiger charge is -2.11. The van der Waals surface area contributed by atoms with Crippen molar-refractivity contribution in [1.29, 1.82) is 0 Å². The highest BCUT2D eigenvalue weighted by molar-refractivity contribution is 9.10. The van der Waals surface area contributed by atoms with Gasteiger partial charge in [0.2, 0.25) is 5.28 Å². The van der Waals surface area contributed by atoms with E-state index in [1.165, 1.54) is 13.4 Å². The van der Waals surface area contributed by atoms with Crippen LogP contribution in [0.5, 0.6) is 5.75 Å². The molecule has 0 radical (unpaired) electrons. The predicted molar refractivity (Wildman–Crippen MR) is 95.3 cm³/mol. The molecule has 1 N–H and O–H groups in total. The van der Waals surface area contributed by atoms with E-state index >= 15 is 0 Å². The number of fused-ring (bicyclic) bond motifs is 1. The maximum absolute atomic E-state index is 12.6. The first-order chi connectivity index (χ1) is 11.5. The van der Waals surface area contributed by atoms with E-state index in [1.807, 2.05) is 0 Å². The van der Waals surface area contributed by atoms with Crippen molar-refractivity contribution in [2.45, 2.75) is 6.54 Å². The van der Waals surface area contributed by atoms with E-state index in [9.17, 15) is 4.39 Å². The molecular formula is C14H11BrCl2FN5O. The number of aromatic nitrogens is 4. The van der Waals surface area contributed by atoms with Crippen molar-refractivity contribution in [3.8, 4) is 5.75 Å². The van der Waals surface area contributed by atoms with Gasteiger partial charge in [0.15, 0.2) is 17.0 Å². The fourth-order valence-corrected chi connectivity index (χ4v) is 2.97. The van der Waals surface area contributed by atoms with E-state index < -0.39 is 6.67 Å². The molecule has 0 amide bonds. The third-order valence-corrected chi connectivity index (χ3v) is 4.65. The maximum atomic E-state index is 12.6. The highest BCUT2D eigenvalue weighted by Crippen LogP contribution is 2.36. The topological polar surface area (TPSA) is 64.9 Å². The number of nitrogens with zero attached hydrogens (tertiary/aromatic N) is 4. The van der Waals surface area contributed by atoms with Crippen LogP contribution >= 0.6 is 39.1 Å². The van der Waals surface area contributed by atoms with Gasteiger partial charge in [-0.15, -0.1) is 0 Å². The van der Waals surface area contributed by atoms with E-state index in [0.717, 1.165) is 0 Å². The van der Waals surface area contributed by atoms with E-state index in [4.69, 9.17) is 27.9 Å². The number of hydrogen-bond donors (Lipinski definition) is 1. The zero-order chi connectivity index (χ0) is 17.3. The number of rotatable bonds is 5. The van der Waals surface area contributed by atoms with Gasteiger partial charge in [0.05, 0.1) is 25.0 Å². The minimum absolute atomic E-state index is 0.0330. The van der Waals surface area contributed by atoms with Crippen molar-refractivity contribution in [2.75, 3.05) is 19.1 Å². The molecule has 0 atom stereocenters. The molecule has 10 heteroatoms. The van der Waals surface area contributed by atoms with Gasteiger partial charge in [0, 0.05) is 16.2 Å². The fraction of sp³-hybridized carbons (Fsp3) is 0.214. The van der Waals surface area contributed by atoms with Crippen LogP contribution in [0.25, 0.3) is 11.2 Å². The fourth-order valence-electron chi connectivity index (χ4n) is 2.18. The van der Waals surface area contributed by atoms with Crippen LogP contribution in [0.3, 0.4) is 0 Å². The Balaban J connectivity index is 2.06. The molecule has 0 saturated heterocycles. The summed E-state index contributed by atoms with van der Waals surface area (Å²) in [5, 5.41) is 3.60. The van der Waals surface area contributed by atoms with Gasteiger partial charge >= 0.3 is 0 Å². The van der Waals surface area contributed by atoms with Crippen LogP contribution in [0.15, 0.2) is 22.9 Å². The number of benzene rings is 1. The van der Waals surface area contributed by atoms with Crippen molar-refractivity contribution < 1.29 is 9.13 Å². The van der Waals surface area contributed by atoms with E-state index in [0.29, 0.717) is 37.9 Å². The first-order valence-electron chi connectivity index (χ1n) is 6.78. The largest absolute Gasteiger partial charge is 0.495 e. The number of ether oxygens (including phenoxy) is 1. The van der Waals surface area contributed by atoms with Crippen LogP contribution in [-0.2, 0) is 6.54 Å². The molecule has 1 aromatic carbocycles. The molecular weight excluding hydrogens is 424 g/mol. The van der Waals surface area contributed by atoms with Gasteiger partial charge in [0.1, 0.15) is 12.4 Å². The Labute approximate surface area is 155 Å². The molecule has 0 saturated carbocycles. The zero-order valence-corrected chi connectivity index (χ0v) is 15.5. The number of alkyl halides is 1. The van der Waals surface area contributed by atoms with E-state index in [2.05, 4.69) is 36.2 Å². The summed E-state index contributed by atoms with van der Waals surface area (Å²) in [7, 11) is 1.52. The van der Waals surface area contributed by atoms with Crippen molar-refractivity contribution in [3.63, 3.8) is 0 Å². The van der Waals surface area contributed by atoms with Gasteiger partial charge in [-0.1, -0.05) is 11.6 Å². The van der Waals surface area contributed by atoms with Crippen molar-refractivity contribution in [3.05, 3.63) is 33.2 Å². The van der Waals surface area contributed by atoms with Gasteiger partial charge in [-0.3, -0.25) is 0 Å². The molecule has 3 rings (SSSR count). The lowest BCUT2D eigenvalue weighted by Crippen LogP contribution is -2.02. The Bertz CT molecular complexity index is 904. The number of halogens is 4. The maximum Gasteiger partial charge on any atom is 0.226 e. The second-order valence-electron chi connectivity index (χ2n) is 4.74. The van der Waals surface area contributed by atoms with Gasteiger partial charge in [-0.05, 0) is 33.6 Å². The van der Waals surface area contributed by atoms with Crippen LogP contribution in [0.1, 0.15) is 0 Å². The summed E-state index contributed by atoms with van der Waals surface area (Å²) in [5.74, 6) is 0.895. The predicted octanol–water partition coefficient (Wildman–Crippen LogP) is 4.62. The van der Waals surface area contributed by atoms with Crippen LogP contribution in [0.2, 0.25) is 10.3 Å². The Hall–Kier alpha value is -1.64. The molecule has 0 fully saturated rings. The Morgan fingerprint density at radius 3 is 2.83 bits per heavy atom. The van der Waals surface area contributed by atoms with Crippen LogP contribution in [0, 0.1) is 0 Å². The quantitative estimate of drug-likeness (QED) is 0.593. The smallest absolute Gasteiger partial charge is 0.226 e. The average molecular weight is 435 g/mol.